The predicted molar refractivity (Wildman–Crippen MR) is 56.3 cm³/mol. The van der Waals surface area contributed by atoms with Gasteiger partial charge in [-0.2, -0.15) is 0 Å². The molecule has 1 rings (SSSR count). The van der Waals surface area contributed by atoms with Crippen molar-refractivity contribution >= 4 is 11.8 Å². The van der Waals surface area contributed by atoms with Crippen LogP contribution in [-0.2, 0) is 0 Å². The Labute approximate surface area is 82.9 Å². The minimum absolute atomic E-state index is 0.179. The average molecular weight is 196 g/mol. The van der Waals surface area contributed by atoms with Crippen LogP contribution in [0, 0.1) is 5.82 Å². The summed E-state index contributed by atoms with van der Waals surface area (Å²) in [5.74, 6) is -0.179. The minimum Gasteiger partial charge on any atom is -0.207 e. The quantitative estimate of drug-likeness (QED) is 0.652. The predicted octanol–water partition coefficient (Wildman–Crippen LogP) is 4.23. The van der Waals surface area contributed by atoms with Crippen LogP contribution in [-0.4, -0.2) is 0 Å². The topological polar surface area (TPSA) is 0 Å². The lowest BCUT2D eigenvalue weighted by Crippen LogP contribution is -1.74. The molecule has 13 heavy (non-hydrogen) atoms. The number of hydrogen-bond acceptors (Lipinski definition) is 1. The smallest absolute Gasteiger partial charge is 0.123 e. The largest absolute Gasteiger partial charge is 0.207 e. The molecule has 1 aromatic rings. The maximum Gasteiger partial charge on any atom is 0.123 e. The van der Waals surface area contributed by atoms with Crippen molar-refractivity contribution in [3.8, 4) is 0 Å². The molecule has 70 valence electrons. The van der Waals surface area contributed by atoms with Gasteiger partial charge in [-0.05, 0) is 42.5 Å². The Morgan fingerprint density at radius 2 is 2.00 bits per heavy atom. The molecule has 0 spiro atoms. The number of allylic oxidation sites excluding steroid dienone is 2. The lowest BCUT2D eigenvalue weighted by Gasteiger charge is -2.00. The molecule has 0 bridgehead atoms. The molecule has 0 saturated heterocycles. The van der Waals surface area contributed by atoms with Gasteiger partial charge in [-0.25, -0.2) is 4.39 Å². The van der Waals surface area contributed by atoms with Crippen molar-refractivity contribution in [2.24, 2.45) is 0 Å². The fourth-order valence-electron chi connectivity index (χ4n) is 1.02. The summed E-state index contributed by atoms with van der Waals surface area (Å²) in [5, 5.41) is 0. The van der Waals surface area contributed by atoms with E-state index in [1.54, 1.807) is 23.9 Å². The van der Waals surface area contributed by atoms with Gasteiger partial charge in [0.25, 0.3) is 0 Å². The zero-order valence-corrected chi connectivity index (χ0v) is 8.70. The summed E-state index contributed by atoms with van der Waals surface area (Å²) in [6.07, 6.45) is 3.20. The van der Waals surface area contributed by atoms with E-state index in [1.165, 1.54) is 17.0 Å². The van der Waals surface area contributed by atoms with Crippen LogP contribution in [0.2, 0.25) is 0 Å². The van der Waals surface area contributed by atoms with Gasteiger partial charge in [-0.1, -0.05) is 24.8 Å². The van der Waals surface area contributed by atoms with E-state index < -0.39 is 0 Å². The van der Waals surface area contributed by atoms with Gasteiger partial charge in [0.05, 0.1) is 0 Å². The number of benzene rings is 1. The van der Waals surface area contributed by atoms with Crippen LogP contribution >= 0.6 is 11.8 Å². The third-order valence-corrected chi connectivity index (χ3v) is 2.58. The van der Waals surface area contributed by atoms with Crippen LogP contribution in [0.3, 0.4) is 0 Å². The average Bonchev–Trinajstić information content (AvgIpc) is 2.09. The van der Waals surface area contributed by atoms with Crippen LogP contribution in [0.25, 0.3) is 0 Å². The van der Waals surface area contributed by atoms with E-state index in [0.29, 0.717) is 0 Å². The van der Waals surface area contributed by atoms with Gasteiger partial charge in [0.15, 0.2) is 0 Å². The summed E-state index contributed by atoms with van der Waals surface area (Å²) in [4.78, 5) is 2.35. The van der Waals surface area contributed by atoms with Crippen LogP contribution in [0.5, 0.6) is 0 Å². The van der Waals surface area contributed by atoms with Gasteiger partial charge in [0, 0.05) is 4.90 Å². The Hall–Kier alpha value is -0.760. The molecule has 0 fully saturated rings. The summed E-state index contributed by atoms with van der Waals surface area (Å²) in [6, 6.07) is 6.57. The fraction of sp³-hybridized carbons (Fsp3) is 0.273. The molecule has 2 heteroatoms. The van der Waals surface area contributed by atoms with Crippen molar-refractivity contribution in [1.82, 2.24) is 0 Å². The molecule has 0 aliphatic carbocycles. The first-order chi connectivity index (χ1) is 6.22. The highest BCUT2D eigenvalue weighted by atomic mass is 32.2. The Balaban J connectivity index is 2.64. The zero-order chi connectivity index (χ0) is 9.68. The Kier molecular flexibility index (Phi) is 4.03. The van der Waals surface area contributed by atoms with Gasteiger partial charge in [0.2, 0.25) is 0 Å². The van der Waals surface area contributed by atoms with E-state index in [0.717, 1.165) is 11.3 Å². The van der Waals surface area contributed by atoms with Gasteiger partial charge in [-0.15, -0.1) is 0 Å². The monoisotopic (exact) mass is 196 g/mol. The standard InChI is InChI=1S/C11H13FS/c1-3-4-9(2)13-11-7-5-10(12)6-8-11/h4-8H,3H2,1-2H3/b9-4-. The first-order valence-electron chi connectivity index (χ1n) is 4.32. The zero-order valence-electron chi connectivity index (χ0n) is 7.88. The van der Waals surface area contributed by atoms with Crippen molar-refractivity contribution in [3.05, 3.63) is 41.1 Å². The van der Waals surface area contributed by atoms with Gasteiger partial charge in [-0.3, -0.25) is 0 Å². The first-order valence-corrected chi connectivity index (χ1v) is 5.14. The molecule has 1 aromatic carbocycles. The van der Waals surface area contributed by atoms with E-state index in [-0.39, 0.29) is 5.82 Å². The summed E-state index contributed by atoms with van der Waals surface area (Å²) in [5.41, 5.74) is 0. The van der Waals surface area contributed by atoms with Crippen molar-refractivity contribution in [1.29, 1.82) is 0 Å². The summed E-state index contributed by atoms with van der Waals surface area (Å²) < 4.78 is 12.5. The lowest BCUT2D eigenvalue weighted by molar-refractivity contribution is 0.626. The van der Waals surface area contributed by atoms with E-state index in [4.69, 9.17) is 0 Å². The van der Waals surface area contributed by atoms with Crippen molar-refractivity contribution in [3.63, 3.8) is 0 Å². The molecule has 0 amide bonds. The maximum atomic E-state index is 12.5. The Morgan fingerprint density at radius 1 is 1.38 bits per heavy atom. The molecule has 0 radical (unpaired) electrons. The summed E-state index contributed by atoms with van der Waals surface area (Å²) in [7, 11) is 0. The second-order valence-corrected chi connectivity index (χ2v) is 4.10. The van der Waals surface area contributed by atoms with Crippen molar-refractivity contribution in [2.45, 2.75) is 25.2 Å². The second-order valence-electron chi connectivity index (χ2n) is 2.78. The van der Waals surface area contributed by atoms with Crippen molar-refractivity contribution in [2.75, 3.05) is 0 Å². The van der Waals surface area contributed by atoms with E-state index >= 15 is 0 Å². The molecule has 0 unspecified atom stereocenters. The molecule has 0 aromatic heterocycles. The van der Waals surface area contributed by atoms with Gasteiger partial charge < -0.3 is 0 Å². The van der Waals surface area contributed by atoms with Gasteiger partial charge in [0.1, 0.15) is 5.82 Å². The fourth-order valence-corrected chi connectivity index (χ4v) is 1.91. The van der Waals surface area contributed by atoms with E-state index in [9.17, 15) is 4.39 Å². The summed E-state index contributed by atoms with van der Waals surface area (Å²) in [6.45, 7) is 4.17. The third kappa shape index (κ3) is 3.64. The van der Waals surface area contributed by atoms with Crippen molar-refractivity contribution < 1.29 is 4.39 Å². The molecular formula is C11H13FS. The second kappa shape index (κ2) is 5.07. The highest BCUT2D eigenvalue weighted by Gasteiger charge is 1.95. The minimum atomic E-state index is -0.179. The molecule has 0 aliphatic rings. The molecule has 0 saturated carbocycles. The molecule has 0 aliphatic heterocycles. The van der Waals surface area contributed by atoms with Crippen LogP contribution < -0.4 is 0 Å². The molecule has 0 N–H and O–H groups in total. The van der Waals surface area contributed by atoms with Crippen LogP contribution in [0.4, 0.5) is 4.39 Å². The highest BCUT2D eigenvalue weighted by molar-refractivity contribution is 8.03. The third-order valence-electron chi connectivity index (χ3n) is 1.58. The highest BCUT2D eigenvalue weighted by Crippen LogP contribution is 2.26. The normalized spacial score (nSPS) is 11.8. The van der Waals surface area contributed by atoms with E-state index in [2.05, 4.69) is 19.9 Å². The molecule has 0 nitrogen and oxygen atoms in total. The SMILES string of the molecule is CC/C=C(/C)Sc1ccc(F)cc1. The number of hydrogen-bond donors (Lipinski definition) is 0. The summed E-state index contributed by atoms with van der Waals surface area (Å²) >= 11 is 1.67. The van der Waals surface area contributed by atoms with E-state index in [1.807, 2.05) is 0 Å². The van der Waals surface area contributed by atoms with Crippen LogP contribution in [0.15, 0.2) is 40.1 Å². The molecular weight excluding hydrogens is 183 g/mol. The maximum absolute atomic E-state index is 12.5. The number of thioether (sulfide) groups is 1. The van der Waals surface area contributed by atoms with Crippen LogP contribution in [0.1, 0.15) is 20.3 Å². The molecule has 0 heterocycles. The first kappa shape index (κ1) is 10.3. The number of halogens is 1. The Morgan fingerprint density at radius 3 is 2.54 bits per heavy atom. The molecule has 0 atom stereocenters. The number of rotatable bonds is 3. The lowest BCUT2D eigenvalue weighted by atomic mass is 10.4. The van der Waals surface area contributed by atoms with Gasteiger partial charge >= 0.3 is 0 Å². The Bertz CT molecular complexity index is 287.